The zero-order chi connectivity index (χ0) is 12.7. The summed E-state index contributed by atoms with van der Waals surface area (Å²) >= 11 is 0. The number of aryl methyl sites for hydroxylation is 2. The fraction of sp³-hybridized carbons (Fsp3) is 0.357. The first-order valence-corrected chi connectivity index (χ1v) is 6.27. The lowest BCUT2D eigenvalue weighted by molar-refractivity contribution is 0.717. The van der Waals surface area contributed by atoms with Gasteiger partial charge in [0.1, 0.15) is 5.82 Å². The number of nitrogens with two attached hydrogens (primary N) is 1. The molecule has 2 aromatic rings. The van der Waals surface area contributed by atoms with Gasteiger partial charge in [-0.25, -0.2) is 0 Å². The van der Waals surface area contributed by atoms with E-state index < -0.39 is 0 Å². The molecular weight excluding hydrogens is 224 g/mol. The van der Waals surface area contributed by atoms with Crippen LogP contribution in [0, 0.1) is 6.92 Å². The SMILES string of the molecule is Cc1nn(C)c(NC2Cc3ccccc3C2)c1N. The van der Waals surface area contributed by atoms with Crippen LogP contribution in [0.15, 0.2) is 24.3 Å². The molecule has 1 heterocycles. The third kappa shape index (κ3) is 1.74. The van der Waals surface area contributed by atoms with Gasteiger partial charge >= 0.3 is 0 Å². The molecule has 1 aromatic carbocycles. The molecule has 4 heteroatoms. The molecule has 0 fully saturated rings. The molecule has 3 rings (SSSR count). The lowest BCUT2D eigenvalue weighted by Crippen LogP contribution is -2.21. The molecule has 0 atom stereocenters. The lowest BCUT2D eigenvalue weighted by atomic mass is 10.1. The van der Waals surface area contributed by atoms with Crippen molar-refractivity contribution in [3.63, 3.8) is 0 Å². The number of benzene rings is 1. The Morgan fingerprint density at radius 2 is 1.89 bits per heavy atom. The van der Waals surface area contributed by atoms with Gasteiger partial charge in [0.25, 0.3) is 0 Å². The summed E-state index contributed by atoms with van der Waals surface area (Å²) in [6, 6.07) is 9.02. The minimum atomic E-state index is 0.416. The van der Waals surface area contributed by atoms with E-state index in [2.05, 4.69) is 34.7 Å². The Bertz CT molecular complexity index is 560. The molecule has 1 aliphatic carbocycles. The van der Waals surface area contributed by atoms with Gasteiger partial charge in [-0.05, 0) is 30.9 Å². The van der Waals surface area contributed by atoms with Crippen molar-refractivity contribution >= 4 is 11.5 Å². The number of hydrogen-bond acceptors (Lipinski definition) is 3. The minimum absolute atomic E-state index is 0.416. The van der Waals surface area contributed by atoms with E-state index in [4.69, 9.17) is 5.73 Å². The fourth-order valence-electron chi connectivity index (χ4n) is 2.70. The first kappa shape index (κ1) is 11.1. The molecule has 18 heavy (non-hydrogen) atoms. The number of nitrogen functional groups attached to an aromatic ring is 1. The van der Waals surface area contributed by atoms with Gasteiger partial charge < -0.3 is 11.1 Å². The first-order chi connectivity index (χ1) is 8.65. The second-order valence-corrected chi connectivity index (χ2v) is 4.99. The molecule has 0 saturated carbocycles. The molecule has 94 valence electrons. The van der Waals surface area contributed by atoms with Crippen LogP contribution >= 0.6 is 0 Å². The summed E-state index contributed by atoms with van der Waals surface area (Å²) in [6.45, 7) is 1.93. The minimum Gasteiger partial charge on any atom is -0.394 e. The van der Waals surface area contributed by atoms with Crippen molar-refractivity contribution in [3.05, 3.63) is 41.1 Å². The van der Waals surface area contributed by atoms with E-state index in [1.165, 1.54) is 11.1 Å². The summed E-state index contributed by atoms with van der Waals surface area (Å²) in [5.41, 5.74) is 10.6. The van der Waals surface area contributed by atoms with Crippen molar-refractivity contribution in [1.29, 1.82) is 0 Å². The summed E-state index contributed by atoms with van der Waals surface area (Å²) < 4.78 is 1.83. The second kappa shape index (κ2) is 4.05. The maximum Gasteiger partial charge on any atom is 0.148 e. The Balaban J connectivity index is 1.80. The van der Waals surface area contributed by atoms with E-state index in [9.17, 15) is 0 Å². The standard InChI is InChI=1S/C14H18N4/c1-9-13(15)14(18(2)17-9)16-12-7-10-5-3-4-6-11(10)8-12/h3-6,12,16H,7-8,15H2,1-2H3. The van der Waals surface area contributed by atoms with Crippen molar-refractivity contribution in [2.45, 2.75) is 25.8 Å². The van der Waals surface area contributed by atoms with Gasteiger partial charge in [-0.2, -0.15) is 5.10 Å². The third-order valence-corrected chi connectivity index (χ3v) is 3.66. The number of rotatable bonds is 2. The maximum absolute atomic E-state index is 6.04. The molecule has 0 spiro atoms. The number of aromatic nitrogens is 2. The predicted octanol–water partition coefficient (Wildman–Crippen LogP) is 1.89. The van der Waals surface area contributed by atoms with Crippen molar-refractivity contribution in [3.8, 4) is 0 Å². The molecule has 0 radical (unpaired) electrons. The Morgan fingerprint density at radius 1 is 1.28 bits per heavy atom. The number of hydrogen-bond donors (Lipinski definition) is 2. The molecule has 0 bridgehead atoms. The van der Waals surface area contributed by atoms with Crippen molar-refractivity contribution in [1.82, 2.24) is 9.78 Å². The van der Waals surface area contributed by atoms with E-state index in [1.54, 1.807) is 0 Å². The van der Waals surface area contributed by atoms with Crippen LogP contribution in [-0.4, -0.2) is 15.8 Å². The second-order valence-electron chi connectivity index (χ2n) is 4.99. The van der Waals surface area contributed by atoms with Crippen molar-refractivity contribution in [2.75, 3.05) is 11.1 Å². The van der Waals surface area contributed by atoms with Gasteiger partial charge in [-0.1, -0.05) is 24.3 Å². The molecule has 0 aliphatic heterocycles. The van der Waals surface area contributed by atoms with Gasteiger partial charge in [-0.3, -0.25) is 4.68 Å². The topological polar surface area (TPSA) is 55.9 Å². The molecule has 3 N–H and O–H groups in total. The molecular formula is C14H18N4. The van der Waals surface area contributed by atoms with Crippen LogP contribution < -0.4 is 11.1 Å². The lowest BCUT2D eigenvalue weighted by Gasteiger charge is -2.14. The van der Waals surface area contributed by atoms with Gasteiger partial charge in [-0.15, -0.1) is 0 Å². The van der Waals surface area contributed by atoms with Crippen LogP contribution in [0.5, 0.6) is 0 Å². The average Bonchev–Trinajstić information content (AvgIpc) is 2.86. The Hall–Kier alpha value is -1.97. The molecule has 0 amide bonds. The van der Waals surface area contributed by atoms with Gasteiger partial charge in [0.2, 0.25) is 0 Å². The smallest absolute Gasteiger partial charge is 0.148 e. The fourth-order valence-corrected chi connectivity index (χ4v) is 2.70. The van der Waals surface area contributed by atoms with Crippen LogP contribution in [0.2, 0.25) is 0 Å². The van der Waals surface area contributed by atoms with Gasteiger partial charge in [0, 0.05) is 13.1 Å². The van der Waals surface area contributed by atoms with E-state index in [1.807, 2.05) is 18.7 Å². The molecule has 0 unspecified atom stereocenters. The number of anilines is 2. The highest BCUT2D eigenvalue weighted by Crippen LogP contribution is 2.27. The first-order valence-electron chi connectivity index (χ1n) is 6.27. The normalized spacial score (nSPS) is 14.8. The van der Waals surface area contributed by atoms with E-state index in [-0.39, 0.29) is 0 Å². The molecule has 4 nitrogen and oxygen atoms in total. The van der Waals surface area contributed by atoms with E-state index in [0.29, 0.717) is 6.04 Å². The summed E-state index contributed by atoms with van der Waals surface area (Å²) in [4.78, 5) is 0. The monoisotopic (exact) mass is 242 g/mol. The Labute approximate surface area is 107 Å². The predicted molar refractivity (Wildman–Crippen MR) is 73.6 cm³/mol. The third-order valence-electron chi connectivity index (χ3n) is 3.66. The van der Waals surface area contributed by atoms with Gasteiger partial charge in [0.15, 0.2) is 0 Å². The van der Waals surface area contributed by atoms with E-state index in [0.717, 1.165) is 30.0 Å². The maximum atomic E-state index is 6.04. The Morgan fingerprint density at radius 3 is 2.39 bits per heavy atom. The largest absolute Gasteiger partial charge is 0.394 e. The summed E-state index contributed by atoms with van der Waals surface area (Å²) in [7, 11) is 1.92. The highest BCUT2D eigenvalue weighted by atomic mass is 15.3. The van der Waals surface area contributed by atoms with Crippen LogP contribution in [0.25, 0.3) is 0 Å². The average molecular weight is 242 g/mol. The molecule has 0 saturated heterocycles. The number of nitrogens with one attached hydrogen (secondary N) is 1. The quantitative estimate of drug-likeness (QED) is 0.845. The summed E-state index contributed by atoms with van der Waals surface area (Å²) in [5.74, 6) is 0.935. The zero-order valence-corrected chi connectivity index (χ0v) is 10.8. The number of fused-ring (bicyclic) bond motifs is 1. The highest BCUT2D eigenvalue weighted by Gasteiger charge is 2.22. The molecule has 1 aromatic heterocycles. The van der Waals surface area contributed by atoms with Crippen molar-refractivity contribution in [2.24, 2.45) is 7.05 Å². The van der Waals surface area contributed by atoms with Crippen LogP contribution in [0.1, 0.15) is 16.8 Å². The zero-order valence-electron chi connectivity index (χ0n) is 10.8. The summed E-state index contributed by atoms with van der Waals surface area (Å²) in [6.07, 6.45) is 2.11. The Kier molecular flexibility index (Phi) is 2.51. The van der Waals surface area contributed by atoms with Crippen LogP contribution in [-0.2, 0) is 19.9 Å². The van der Waals surface area contributed by atoms with Crippen LogP contribution in [0.4, 0.5) is 11.5 Å². The van der Waals surface area contributed by atoms with Gasteiger partial charge in [0.05, 0.1) is 11.4 Å². The highest BCUT2D eigenvalue weighted by molar-refractivity contribution is 5.65. The molecule has 1 aliphatic rings. The summed E-state index contributed by atoms with van der Waals surface area (Å²) in [5, 5.41) is 7.85. The number of nitrogens with zero attached hydrogens (tertiary/aromatic N) is 2. The van der Waals surface area contributed by atoms with Crippen molar-refractivity contribution < 1.29 is 0 Å². The van der Waals surface area contributed by atoms with E-state index >= 15 is 0 Å². The van der Waals surface area contributed by atoms with Crippen LogP contribution in [0.3, 0.4) is 0 Å².